The lowest BCUT2D eigenvalue weighted by molar-refractivity contribution is -0.384. The van der Waals surface area contributed by atoms with Crippen LogP contribution in [-0.4, -0.2) is 54.4 Å². The van der Waals surface area contributed by atoms with Crippen LogP contribution in [0.25, 0.3) is 0 Å². The van der Waals surface area contributed by atoms with E-state index in [9.17, 15) is 24.5 Å². The van der Waals surface area contributed by atoms with Crippen molar-refractivity contribution in [2.75, 3.05) is 31.6 Å². The number of esters is 1. The Hall–Kier alpha value is -2.97. The highest BCUT2D eigenvalue weighted by molar-refractivity contribution is 5.95. The van der Waals surface area contributed by atoms with E-state index in [2.05, 4.69) is 4.74 Å². The van der Waals surface area contributed by atoms with Crippen molar-refractivity contribution < 1.29 is 24.0 Å². The second kappa shape index (κ2) is 7.57. The normalized spacial score (nSPS) is 17.4. The van der Waals surface area contributed by atoms with Gasteiger partial charge in [-0.15, -0.1) is 0 Å². The number of amides is 2. The Balaban J connectivity index is 1.76. The number of fused-ring (bicyclic) bond motifs is 2. The fourth-order valence-electron chi connectivity index (χ4n) is 4.14. The molecule has 2 heterocycles. The molecule has 0 saturated carbocycles. The van der Waals surface area contributed by atoms with Crippen molar-refractivity contribution in [3.8, 4) is 0 Å². The number of piperidine rings is 1. The summed E-state index contributed by atoms with van der Waals surface area (Å²) in [5.41, 5.74) is 1.16. The van der Waals surface area contributed by atoms with Crippen LogP contribution < -0.4 is 4.90 Å². The summed E-state index contributed by atoms with van der Waals surface area (Å²) in [6, 6.07) is 4.67. The van der Waals surface area contributed by atoms with Gasteiger partial charge in [0.15, 0.2) is 0 Å². The zero-order chi connectivity index (χ0) is 20.5. The number of benzene rings is 1. The van der Waals surface area contributed by atoms with E-state index < -0.39 is 10.9 Å². The molecule has 0 N–H and O–H groups in total. The third kappa shape index (κ3) is 3.56. The third-order valence-electron chi connectivity index (χ3n) is 5.74. The Morgan fingerprint density at radius 2 is 1.89 bits per heavy atom. The summed E-state index contributed by atoms with van der Waals surface area (Å²) in [6.45, 7) is 2.94. The van der Waals surface area contributed by atoms with Crippen molar-refractivity contribution in [2.45, 2.75) is 38.0 Å². The average Bonchev–Trinajstić information content (AvgIpc) is 3.00. The monoisotopic (exact) mass is 389 g/mol. The van der Waals surface area contributed by atoms with Gasteiger partial charge in [-0.3, -0.25) is 24.5 Å². The van der Waals surface area contributed by atoms with Crippen LogP contribution >= 0.6 is 0 Å². The fraction of sp³-hybridized carbons (Fsp3) is 0.526. The molecule has 1 aromatic carbocycles. The summed E-state index contributed by atoms with van der Waals surface area (Å²) >= 11 is 0. The molecule has 9 nitrogen and oxygen atoms in total. The van der Waals surface area contributed by atoms with E-state index >= 15 is 0 Å². The van der Waals surface area contributed by atoms with Crippen molar-refractivity contribution in [1.82, 2.24) is 4.90 Å². The average molecular weight is 389 g/mol. The predicted octanol–water partition coefficient (Wildman–Crippen LogP) is 1.77. The number of rotatable bonds is 4. The standard InChI is InChI=1S/C19H23N3O6/c1-13(23)21-12-19(15-4-3-14(22(26)27)11-16(15)21)7-9-20(10-8-19)17(24)5-6-18(25)28-2/h3-4,11H,5-10,12H2,1-2H3. The van der Waals surface area contributed by atoms with Crippen molar-refractivity contribution in [3.05, 3.63) is 33.9 Å². The number of methoxy groups -OCH3 is 1. The maximum atomic E-state index is 12.3. The van der Waals surface area contributed by atoms with Gasteiger partial charge in [0.25, 0.3) is 5.69 Å². The molecule has 0 aromatic heterocycles. The summed E-state index contributed by atoms with van der Waals surface area (Å²) < 4.78 is 4.57. The topological polar surface area (TPSA) is 110 Å². The highest BCUT2D eigenvalue weighted by atomic mass is 16.6. The van der Waals surface area contributed by atoms with E-state index in [-0.39, 0.29) is 35.8 Å². The highest BCUT2D eigenvalue weighted by Gasteiger charge is 2.46. The highest BCUT2D eigenvalue weighted by Crippen LogP contribution is 2.48. The molecule has 9 heteroatoms. The lowest BCUT2D eigenvalue weighted by atomic mass is 9.74. The van der Waals surface area contributed by atoms with Crippen molar-refractivity contribution in [2.24, 2.45) is 0 Å². The number of ether oxygens (including phenoxy) is 1. The molecule has 0 atom stereocenters. The molecule has 0 aliphatic carbocycles. The number of likely N-dealkylation sites (tertiary alicyclic amines) is 1. The van der Waals surface area contributed by atoms with Gasteiger partial charge in [0.05, 0.1) is 24.1 Å². The molecular weight excluding hydrogens is 366 g/mol. The lowest BCUT2D eigenvalue weighted by Gasteiger charge is -2.39. The third-order valence-corrected chi connectivity index (χ3v) is 5.74. The van der Waals surface area contributed by atoms with E-state index in [1.54, 1.807) is 15.9 Å². The molecule has 3 rings (SSSR count). The molecule has 0 bridgehead atoms. The molecule has 2 aliphatic heterocycles. The maximum Gasteiger partial charge on any atom is 0.306 e. The number of hydrogen-bond donors (Lipinski definition) is 0. The zero-order valence-corrected chi connectivity index (χ0v) is 16.0. The molecule has 1 saturated heterocycles. The van der Waals surface area contributed by atoms with E-state index in [0.29, 0.717) is 38.2 Å². The Morgan fingerprint density at radius 1 is 1.21 bits per heavy atom. The lowest BCUT2D eigenvalue weighted by Crippen LogP contribution is -2.47. The smallest absolute Gasteiger partial charge is 0.306 e. The number of carbonyl (C=O) groups excluding carboxylic acids is 3. The summed E-state index contributed by atoms with van der Waals surface area (Å²) in [5, 5.41) is 11.1. The summed E-state index contributed by atoms with van der Waals surface area (Å²) in [7, 11) is 1.29. The van der Waals surface area contributed by atoms with Crippen molar-refractivity contribution >= 4 is 29.2 Å². The quantitative estimate of drug-likeness (QED) is 0.441. The number of hydrogen-bond acceptors (Lipinski definition) is 6. The molecule has 0 unspecified atom stereocenters. The van der Waals surface area contributed by atoms with Crippen molar-refractivity contribution in [3.63, 3.8) is 0 Å². The van der Waals surface area contributed by atoms with E-state index in [1.807, 2.05) is 0 Å². The number of nitro groups is 1. The molecule has 28 heavy (non-hydrogen) atoms. The number of anilines is 1. The summed E-state index contributed by atoms with van der Waals surface area (Å²) in [4.78, 5) is 49.7. The molecule has 1 spiro atoms. The van der Waals surface area contributed by atoms with Crippen molar-refractivity contribution in [1.29, 1.82) is 0 Å². The Bertz CT molecular complexity index is 829. The zero-order valence-electron chi connectivity index (χ0n) is 16.0. The van der Waals surface area contributed by atoms with Gasteiger partial charge in [-0.25, -0.2) is 0 Å². The first-order valence-corrected chi connectivity index (χ1v) is 9.19. The summed E-state index contributed by atoms with van der Waals surface area (Å²) in [5.74, 6) is -0.661. The van der Waals surface area contributed by atoms with Crippen LogP contribution in [0.2, 0.25) is 0 Å². The first-order valence-electron chi connectivity index (χ1n) is 9.19. The molecule has 1 fully saturated rings. The minimum Gasteiger partial charge on any atom is -0.469 e. The first-order chi connectivity index (χ1) is 13.3. The Morgan fingerprint density at radius 3 is 2.46 bits per heavy atom. The van der Waals surface area contributed by atoms with Crippen LogP contribution in [0, 0.1) is 10.1 Å². The number of nitrogens with zero attached hydrogens (tertiary/aromatic N) is 3. The molecule has 2 aliphatic rings. The van der Waals surface area contributed by atoms with Crippen LogP contribution in [0.5, 0.6) is 0 Å². The van der Waals surface area contributed by atoms with Gasteiger partial charge in [0, 0.05) is 50.5 Å². The van der Waals surface area contributed by atoms with Gasteiger partial charge >= 0.3 is 5.97 Å². The number of nitro benzene ring substituents is 1. The van der Waals surface area contributed by atoms with E-state index in [1.165, 1.54) is 26.2 Å². The van der Waals surface area contributed by atoms with Crippen LogP contribution in [0.4, 0.5) is 11.4 Å². The molecule has 2 amide bonds. The van der Waals surface area contributed by atoms with Gasteiger partial charge in [0.1, 0.15) is 0 Å². The largest absolute Gasteiger partial charge is 0.469 e. The summed E-state index contributed by atoms with van der Waals surface area (Å²) in [6.07, 6.45) is 1.49. The second-order valence-corrected chi connectivity index (χ2v) is 7.30. The van der Waals surface area contributed by atoms with Crippen LogP contribution in [-0.2, 0) is 24.5 Å². The number of carbonyl (C=O) groups is 3. The fourth-order valence-corrected chi connectivity index (χ4v) is 4.14. The first kappa shape index (κ1) is 19.8. The maximum absolute atomic E-state index is 12.3. The Kier molecular flexibility index (Phi) is 5.35. The van der Waals surface area contributed by atoms with Crippen LogP contribution in [0.1, 0.15) is 38.2 Å². The molecular formula is C19H23N3O6. The number of non-ortho nitro benzene ring substituents is 1. The molecule has 1 aromatic rings. The van der Waals surface area contributed by atoms with E-state index in [4.69, 9.17) is 0 Å². The Labute approximate surface area is 162 Å². The van der Waals surface area contributed by atoms with Crippen LogP contribution in [0.3, 0.4) is 0 Å². The van der Waals surface area contributed by atoms with Gasteiger partial charge in [-0.2, -0.15) is 0 Å². The minimum absolute atomic E-state index is 0.0440. The van der Waals surface area contributed by atoms with Gasteiger partial charge in [-0.1, -0.05) is 0 Å². The molecule has 0 radical (unpaired) electrons. The van der Waals surface area contributed by atoms with E-state index in [0.717, 1.165) is 5.56 Å². The van der Waals surface area contributed by atoms with Crippen LogP contribution in [0.15, 0.2) is 18.2 Å². The van der Waals surface area contributed by atoms with Gasteiger partial charge < -0.3 is 14.5 Å². The second-order valence-electron chi connectivity index (χ2n) is 7.30. The van der Waals surface area contributed by atoms with Gasteiger partial charge in [-0.05, 0) is 24.5 Å². The predicted molar refractivity (Wildman–Crippen MR) is 99.9 cm³/mol. The van der Waals surface area contributed by atoms with Gasteiger partial charge in [0.2, 0.25) is 11.8 Å². The molecule has 150 valence electrons. The SMILES string of the molecule is COC(=O)CCC(=O)N1CCC2(CC1)CN(C(C)=O)c1cc([N+](=O)[O-])ccc12. The minimum atomic E-state index is -0.466.